The SMILES string of the molecule is CCOC(=O)C(C(C(=O)OCC)N(C(C)C)C(C)C)N(C(C)C)C(C)C. The number of carbonyl (C=O) groups excluding carboxylic acids is 2. The van der Waals surface area contributed by atoms with Crippen LogP contribution in [0.1, 0.15) is 69.2 Å². The minimum atomic E-state index is -0.723. The fourth-order valence-electron chi connectivity index (χ4n) is 3.76. The zero-order valence-electron chi connectivity index (χ0n) is 18.4. The molecule has 0 fully saturated rings. The van der Waals surface area contributed by atoms with Crippen molar-refractivity contribution >= 4 is 11.9 Å². The summed E-state index contributed by atoms with van der Waals surface area (Å²) >= 11 is 0. The van der Waals surface area contributed by atoms with E-state index in [4.69, 9.17) is 9.47 Å². The second kappa shape index (κ2) is 11.5. The van der Waals surface area contributed by atoms with Crippen LogP contribution in [0.5, 0.6) is 0 Å². The van der Waals surface area contributed by atoms with Gasteiger partial charge < -0.3 is 9.47 Å². The van der Waals surface area contributed by atoms with Crippen LogP contribution < -0.4 is 0 Å². The highest BCUT2D eigenvalue weighted by Crippen LogP contribution is 2.24. The Bertz CT molecular complexity index is 380. The smallest absolute Gasteiger partial charge is 0.325 e. The molecule has 0 radical (unpaired) electrons. The van der Waals surface area contributed by atoms with E-state index in [0.29, 0.717) is 0 Å². The average Bonchev–Trinajstić information content (AvgIpc) is 2.48. The third kappa shape index (κ3) is 6.54. The molecule has 0 aliphatic heterocycles. The van der Waals surface area contributed by atoms with Crippen LogP contribution in [0.3, 0.4) is 0 Å². The maximum Gasteiger partial charge on any atom is 0.325 e. The van der Waals surface area contributed by atoms with Gasteiger partial charge in [0.05, 0.1) is 13.2 Å². The fraction of sp³-hybridized carbons (Fsp3) is 0.900. The van der Waals surface area contributed by atoms with Gasteiger partial charge in [-0.2, -0.15) is 0 Å². The van der Waals surface area contributed by atoms with E-state index in [1.54, 1.807) is 13.8 Å². The number of rotatable bonds is 11. The quantitative estimate of drug-likeness (QED) is 0.520. The van der Waals surface area contributed by atoms with Crippen molar-refractivity contribution in [1.82, 2.24) is 9.80 Å². The second-order valence-electron chi connectivity index (χ2n) is 7.66. The van der Waals surface area contributed by atoms with Crippen LogP contribution in [-0.4, -0.2) is 71.2 Å². The van der Waals surface area contributed by atoms with Crippen LogP contribution in [0.2, 0.25) is 0 Å². The van der Waals surface area contributed by atoms with Gasteiger partial charge in [0, 0.05) is 24.2 Å². The van der Waals surface area contributed by atoms with Gasteiger partial charge in [-0.3, -0.25) is 19.4 Å². The molecule has 0 aromatic heterocycles. The first-order valence-electron chi connectivity index (χ1n) is 9.89. The molecule has 0 saturated heterocycles. The summed E-state index contributed by atoms with van der Waals surface area (Å²) in [5.41, 5.74) is 0. The Labute approximate surface area is 160 Å². The Balaban J connectivity index is 6.38. The van der Waals surface area contributed by atoms with E-state index in [0.717, 1.165) is 0 Å². The van der Waals surface area contributed by atoms with Crippen molar-refractivity contribution in [3.8, 4) is 0 Å². The van der Waals surface area contributed by atoms with E-state index in [-0.39, 0.29) is 49.3 Å². The summed E-state index contributed by atoms with van der Waals surface area (Å²) in [4.78, 5) is 30.1. The van der Waals surface area contributed by atoms with Crippen LogP contribution >= 0.6 is 0 Å². The molecule has 0 aromatic rings. The summed E-state index contributed by atoms with van der Waals surface area (Å²) in [7, 11) is 0. The van der Waals surface area contributed by atoms with E-state index in [2.05, 4.69) is 9.80 Å². The monoisotopic (exact) mass is 372 g/mol. The molecule has 26 heavy (non-hydrogen) atoms. The minimum absolute atomic E-state index is 0.0718. The molecule has 6 heteroatoms. The van der Waals surface area contributed by atoms with E-state index >= 15 is 0 Å². The van der Waals surface area contributed by atoms with Crippen molar-refractivity contribution in [3.63, 3.8) is 0 Å². The molecular formula is C20H40N2O4. The first kappa shape index (κ1) is 24.9. The maximum absolute atomic E-state index is 13.0. The number of nitrogens with zero attached hydrogens (tertiary/aromatic N) is 2. The van der Waals surface area contributed by atoms with Crippen LogP contribution in [0, 0.1) is 0 Å². The number of carbonyl (C=O) groups is 2. The third-order valence-corrected chi connectivity index (χ3v) is 4.38. The molecule has 0 heterocycles. The van der Waals surface area contributed by atoms with Crippen LogP contribution in [0.15, 0.2) is 0 Å². The minimum Gasteiger partial charge on any atom is -0.465 e. The van der Waals surface area contributed by atoms with E-state index < -0.39 is 12.1 Å². The highest BCUT2D eigenvalue weighted by atomic mass is 16.5. The van der Waals surface area contributed by atoms with Crippen molar-refractivity contribution in [3.05, 3.63) is 0 Å². The Morgan fingerprint density at radius 2 is 0.846 bits per heavy atom. The Kier molecular flexibility index (Phi) is 11.0. The standard InChI is InChI=1S/C20H40N2O4/c1-11-25-19(23)17(21(13(3)4)14(5)6)18(20(24)26-12-2)22(15(7)8)16(9)10/h13-18H,11-12H2,1-10H3. The van der Waals surface area contributed by atoms with Crippen molar-refractivity contribution < 1.29 is 19.1 Å². The summed E-state index contributed by atoms with van der Waals surface area (Å²) in [5.74, 6) is -0.751. The molecule has 0 aliphatic carbocycles. The Hall–Kier alpha value is -1.14. The third-order valence-electron chi connectivity index (χ3n) is 4.38. The molecule has 0 spiro atoms. The fourth-order valence-corrected chi connectivity index (χ4v) is 3.76. The van der Waals surface area contributed by atoms with Gasteiger partial charge in [-0.25, -0.2) is 0 Å². The van der Waals surface area contributed by atoms with Gasteiger partial charge in [0.25, 0.3) is 0 Å². The van der Waals surface area contributed by atoms with Gasteiger partial charge in [0.15, 0.2) is 0 Å². The Morgan fingerprint density at radius 1 is 0.615 bits per heavy atom. The highest BCUT2D eigenvalue weighted by Gasteiger charge is 2.46. The summed E-state index contributed by atoms with van der Waals surface area (Å²) in [6, 6.07) is -1.16. The molecule has 0 aliphatic rings. The largest absolute Gasteiger partial charge is 0.465 e. The molecule has 0 rings (SSSR count). The van der Waals surface area contributed by atoms with Gasteiger partial charge in [-0.05, 0) is 69.2 Å². The lowest BCUT2D eigenvalue weighted by Gasteiger charge is -2.45. The second-order valence-corrected chi connectivity index (χ2v) is 7.66. The normalized spacial score (nSPS) is 14.6. The van der Waals surface area contributed by atoms with Gasteiger partial charge >= 0.3 is 11.9 Å². The molecule has 6 nitrogen and oxygen atoms in total. The summed E-state index contributed by atoms with van der Waals surface area (Å²) in [6.07, 6.45) is 0. The molecule has 0 amide bonds. The lowest BCUT2D eigenvalue weighted by atomic mass is 9.98. The molecular weight excluding hydrogens is 332 g/mol. The zero-order chi connectivity index (χ0) is 20.6. The van der Waals surface area contributed by atoms with E-state index in [1.165, 1.54) is 0 Å². The predicted molar refractivity (Wildman–Crippen MR) is 105 cm³/mol. The number of esters is 2. The number of ether oxygens (including phenoxy) is 2. The van der Waals surface area contributed by atoms with Gasteiger partial charge in [-0.15, -0.1) is 0 Å². The van der Waals surface area contributed by atoms with Crippen molar-refractivity contribution in [1.29, 1.82) is 0 Å². The van der Waals surface area contributed by atoms with Gasteiger partial charge in [-0.1, -0.05) is 0 Å². The number of hydrogen-bond acceptors (Lipinski definition) is 6. The number of hydrogen-bond donors (Lipinski definition) is 0. The van der Waals surface area contributed by atoms with Crippen LogP contribution in [0.25, 0.3) is 0 Å². The topological polar surface area (TPSA) is 59.1 Å². The van der Waals surface area contributed by atoms with Crippen molar-refractivity contribution in [2.75, 3.05) is 13.2 Å². The molecule has 0 saturated carbocycles. The molecule has 0 aromatic carbocycles. The molecule has 2 atom stereocenters. The Morgan fingerprint density at radius 3 is 1.00 bits per heavy atom. The molecule has 0 N–H and O–H groups in total. The predicted octanol–water partition coefficient (Wildman–Crippen LogP) is 3.09. The van der Waals surface area contributed by atoms with Crippen LogP contribution in [-0.2, 0) is 19.1 Å². The van der Waals surface area contributed by atoms with Crippen molar-refractivity contribution in [2.24, 2.45) is 0 Å². The molecule has 0 bridgehead atoms. The van der Waals surface area contributed by atoms with E-state index in [9.17, 15) is 9.59 Å². The van der Waals surface area contributed by atoms with Crippen molar-refractivity contribution in [2.45, 2.75) is 105 Å². The molecule has 154 valence electrons. The van der Waals surface area contributed by atoms with Gasteiger partial charge in [0.1, 0.15) is 12.1 Å². The zero-order valence-corrected chi connectivity index (χ0v) is 18.4. The van der Waals surface area contributed by atoms with Gasteiger partial charge in [0.2, 0.25) is 0 Å². The first-order valence-corrected chi connectivity index (χ1v) is 9.89. The maximum atomic E-state index is 13.0. The summed E-state index contributed by atoms with van der Waals surface area (Å²) in [6.45, 7) is 20.4. The summed E-state index contributed by atoms with van der Waals surface area (Å²) < 4.78 is 10.8. The lowest BCUT2D eigenvalue weighted by molar-refractivity contribution is -0.168. The highest BCUT2D eigenvalue weighted by molar-refractivity contribution is 5.87. The molecule has 2 unspecified atom stereocenters. The average molecular weight is 373 g/mol. The first-order chi connectivity index (χ1) is 12.0. The van der Waals surface area contributed by atoms with Crippen LogP contribution in [0.4, 0.5) is 0 Å². The lowest BCUT2D eigenvalue weighted by Crippen LogP contribution is -2.65. The van der Waals surface area contributed by atoms with E-state index in [1.807, 2.05) is 55.4 Å². The summed E-state index contributed by atoms with van der Waals surface area (Å²) in [5, 5.41) is 0.